The van der Waals surface area contributed by atoms with Crippen LogP contribution in [0.3, 0.4) is 0 Å². The summed E-state index contributed by atoms with van der Waals surface area (Å²) in [5, 5.41) is 20.9. The van der Waals surface area contributed by atoms with Crippen LogP contribution in [-0.2, 0) is 4.79 Å². The summed E-state index contributed by atoms with van der Waals surface area (Å²) in [6.45, 7) is 0. The van der Waals surface area contributed by atoms with Crippen LogP contribution in [0.4, 0.5) is 14.5 Å². The Morgan fingerprint density at radius 1 is 0.865 bits per heavy atom. The van der Waals surface area contributed by atoms with E-state index in [9.17, 15) is 23.8 Å². The lowest BCUT2D eigenvalue weighted by molar-refractivity contribution is -0.133. The van der Waals surface area contributed by atoms with Gasteiger partial charge in [0.05, 0.1) is 12.1 Å². The Bertz CT molecular complexity index is 1410. The van der Waals surface area contributed by atoms with Crippen LogP contribution in [-0.4, -0.2) is 21.7 Å². The number of para-hydroxylation sites is 1. The lowest BCUT2D eigenvalue weighted by atomic mass is 9.71. The monoisotopic (exact) mass is 500 g/mol. The number of phenols is 1. The Morgan fingerprint density at radius 3 is 2.08 bits per heavy atom. The number of rotatable bonds is 7. The Labute approximate surface area is 213 Å². The van der Waals surface area contributed by atoms with Gasteiger partial charge in [0.15, 0.2) is 0 Å². The molecule has 0 radical (unpaired) electrons. The lowest BCUT2D eigenvalue weighted by Crippen LogP contribution is -2.73. The molecule has 1 amide bonds. The number of hydrogen-bond donors (Lipinski definition) is 3. The van der Waals surface area contributed by atoms with E-state index in [1.807, 2.05) is 36.4 Å². The number of nitrogens with two attached hydrogens (primary N) is 1. The van der Waals surface area contributed by atoms with E-state index in [0.717, 1.165) is 11.1 Å². The normalized spacial score (nSPS) is 19.9. The minimum Gasteiger partial charge on any atom is -0.507 e. The summed E-state index contributed by atoms with van der Waals surface area (Å²) in [5.74, 6) is -0.991. The van der Waals surface area contributed by atoms with Gasteiger partial charge in [-0.1, -0.05) is 54.6 Å². The van der Waals surface area contributed by atoms with Crippen molar-refractivity contribution in [3.05, 3.63) is 120 Å². The summed E-state index contributed by atoms with van der Waals surface area (Å²) in [4.78, 5) is 15.0. The second kappa shape index (κ2) is 9.76. The molecule has 4 aromatic rings. The molecular weight excluding hydrogens is 474 g/mol. The highest BCUT2D eigenvalue weighted by atomic mass is 19.1. The average Bonchev–Trinajstić information content (AvgIpc) is 2.91. The number of β-lactam (4-membered cyclic amide) rings is 1. The van der Waals surface area contributed by atoms with Crippen molar-refractivity contribution in [2.24, 2.45) is 5.73 Å². The first kappa shape index (κ1) is 24.6. The van der Waals surface area contributed by atoms with Crippen LogP contribution < -0.4 is 10.6 Å². The van der Waals surface area contributed by atoms with Crippen molar-refractivity contribution in [2.45, 2.75) is 30.5 Å². The number of benzene rings is 4. The van der Waals surface area contributed by atoms with Crippen molar-refractivity contribution in [3.8, 4) is 16.9 Å². The molecule has 0 spiro atoms. The molecule has 1 aliphatic heterocycles. The molecule has 7 heteroatoms. The van der Waals surface area contributed by atoms with Gasteiger partial charge in [-0.2, -0.15) is 0 Å². The molecule has 5 rings (SSSR count). The van der Waals surface area contributed by atoms with Gasteiger partial charge in [0.2, 0.25) is 5.91 Å². The van der Waals surface area contributed by atoms with Gasteiger partial charge in [0.1, 0.15) is 22.9 Å². The number of aliphatic hydroxyl groups excluding tert-OH is 1. The van der Waals surface area contributed by atoms with Gasteiger partial charge >= 0.3 is 0 Å². The van der Waals surface area contributed by atoms with Crippen LogP contribution >= 0.6 is 0 Å². The van der Waals surface area contributed by atoms with E-state index in [1.54, 1.807) is 17.0 Å². The number of carbonyl (C=O) groups is 1. The molecule has 5 nitrogen and oxygen atoms in total. The van der Waals surface area contributed by atoms with Crippen LogP contribution in [0.25, 0.3) is 11.1 Å². The number of nitrogens with zero attached hydrogens (tertiary/aromatic N) is 1. The molecule has 1 heterocycles. The van der Waals surface area contributed by atoms with Crippen LogP contribution in [0.1, 0.15) is 36.1 Å². The molecule has 0 aliphatic carbocycles. The van der Waals surface area contributed by atoms with Gasteiger partial charge in [-0.3, -0.25) is 4.79 Å². The van der Waals surface area contributed by atoms with E-state index in [2.05, 4.69) is 0 Å². The predicted molar refractivity (Wildman–Crippen MR) is 138 cm³/mol. The highest BCUT2D eigenvalue weighted by molar-refractivity contribution is 6.09. The van der Waals surface area contributed by atoms with Crippen LogP contribution in [0.15, 0.2) is 97.1 Å². The molecular formula is C30H26F2N2O3. The molecule has 1 saturated heterocycles. The third-order valence-electron chi connectivity index (χ3n) is 7.00. The zero-order valence-electron chi connectivity index (χ0n) is 19.9. The molecule has 3 unspecified atom stereocenters. The molecule has 1 fully saturated rings. The maximum absolute atomic E-state index is 13.6. The van der Waals surface area contributed by atoms with Crippen LogP contribution in [0, 0.1) is 11.6 Å². The first-order valence-corrected chi connectivity index (χ1v) is 12.0. The fraction of sp³-hybridized carbons (Fsp3) is 0.167. The average molecular weight is 501 g/mol. The van der Waals surface area contributed by atoms with E-state index in [0.29, 0.717) is 16.8 Å². The smallest absolute Gasteiger partial charge is 0.250 e. The van der Waals surface area contributed by atoms with Crippen molar-refractivity contribution >= 4 is 11.6 Å². The molecule has 4 aromatic carbocycles. The summed E-state index contributed by atoms with van der Waals surface area (Å²) in [6, 6.07) is 25.0. The number of halogens is 2. The van der Waals surface area contributed by atoms with Crippen molar-refractivity contribution < 1.29 is 23.8 Å². The third kappa shape index (κ3) is 4.59. The Kier molecular flexibility index (Phi) is 6.50. The molecule has 188 valence electrons. The minimum atomic E-state index is -1.31. The molecule has 0 bridgehead atoms. The van der Waals surface area contributed by atoms with Crippen molar-refractivity contribution in [3.63, 3.8) is 0 Å². The SMILES string of the molecule is NC1(CCC(O)c2ccc(F)cc2)C(=O)N(c2ccc(F)cc2)C1c1ccc(-c2ccccc2O)cc1. The van der Waals surface area contributed by atoms with Gasteiger partial charge in [-0.15, -0.1) is 0 Å². The number of aliphatic hydroxyl groups is 1. The Balaban J connectivity index is 1.45. The van der Waals surface area contributed by atoms with Crippen LogP contribution in [0.2, 0.25) is 0 Å². The van der Waals surface area contributed by atoms with Crippen molar-refractivity contribution in [1.82, 2.24) is 0 Å². The number of amides is 1. The largest absolute Gasteiger partial charge is 0.507 e. The highest BCUT2D eigenvalue weighted by Crippen LogP contribution is 2.48. The van der Waals surface area contributed by atoms with Crippen LogP contribution in [0.5, 0.6) is 5.75 Å². The van der Waals surface area contributed by atoms with E-state index in [-0.39, 0.29) is 24.5 Å². The fourth-order valence-corrected chi connectivity index (χ4v) is 4.97. The quantitative estimate of drug-likeness (QED) is 0.287. The van der Waals surface area contributed by atoms with Gasteiger partial charge in [-0.05, 0) is 72.0 Å². The summed E-state index contributed by atoms with van der Waals surface area (Å²) in [7, 11) is 0. The van der Waals surface area contributed by atoms with E-state index < -0.39 is 29.3 Å². The summed E-state index contributed by atoms with van der Waals surface area (Å²) in [5.41, 5.74) is 8.71. The number of phenolic OH excluding ortho intramolecular Hbond substituents is 1. The van der Waals surface area contributed by atoms with Crippen molar-refractivity contribution in [1.29, 1.82) is 0 Å². The lowest BCUT2D eigenvalue weighted by Gasteiger charge is -2.54. The second-order valence-electron chi connectivity index (χ2n) is 9.34. The number of anilines is 1. The maximum atomic E-state index is 13.6. The summed E-state index contributed by atoms with van der Waals surface area (Å²) >= 11 is 0. The number of hydrogen-bond acceptors (Lipinski definition) is 4. The van der Waals surface area contributed by atoms with E-state index in [1.165, 1.54) is 48.5 Å². The number of carbonyl (C=O) groups excluding carboxylic acids is 1. The molecule has 4 N–H and O–H groups in total. The predicted octanol–water partition coefficient (Wildman–Crippen LogP) is 5.64. The van der Waals surface area contributed by atoms with Gasteiger partial charge < -0.3 is 20.8 Å². The van der Waals surface area contributed by atoms with E-state index in [4.69, 9.17) is 5.73 Å². The van der Waals surface area contributed by atoms with Gasteiger partial charge in [-0.25, -0.2) is 8.78 Å². The standard InChI is InChI=1S/C30H26F2N2O3/c31-22-11-9-20(10-12-22)26(35)17-18-30(33)28(34(29(30)37)24-15-13-23(32)14-16-24)21-7-5-19(6-8-21)25-3-1-2-4-27(25)36/h1-16,26,28,35-36H,17-18,33H2. The molecule has 37 heavy (non-hydrogen) atoms. The fourth-order valence-electron chi connectivity index (χ4n) is 4.97. The Hall–Kier alpha value is -4.07. The Morgan fingerprint density at radius 2 is 1.46 bits per heavy atom. The van der Waals surface area contributed by atoms with Crippen molar-refractivity contribution in [2.75, 3.05) is 4.90 Å². The third-order valence-corrected chi connectivity index (χ3v) is 7.00. The molecule has 0 saturated carbocycles. The van der Waals surface area contributed by atoms with Gasteiger partial charge in [0, 0.05) is 11.3 Å². The zero-order valence-corrected chi connectivity index (χ0v) is 19.9. The van der Waals surface area contributed by atoms with E-state index >= 15 is 0 Å². The number of aromatic hydroxyl groups is 1. The molecule has 0 aromatic heterocycles. The second-order valence-corrected chi connectivity index (χ2v) is 9.34. The highest BCUT2D eigenvalue weighted by Gasteiger charge is 2.59. The zero-order chi connectivity index (χ0) is 26.2. The first-order valence-electron chi connectivity index (χ1n) is 12.0. The summed E-state index contributed by atoms with van der Waals surface area (Å²) < 4.78 is 26.9. The topological polar surface area (TPSA) is 86.8 Å². The summed E-state index contributed by atoms with van der Waals surface area (Å²) in [6.07, 6.45) is -0.552. The minimum absolute atomic E-state index is 0.157. The molecule has 1 aliphatic rings. The molecule has 3 atom stereocenters. The van der Waals surface area contributed by atoms with Gasteiger partial charge in [0.25, 0.3) is 0 Å². The maximum Gasteiger partial charge on any atom is 0.250 e. The first-order chi connectivity index (χ1) is 17.8.